The fraction of sp³-hybridized carbons (Fsp3) is 0.933. The average molecular weight is 250 g/mol. The van der Waals surface area contributed by atoms with E-state index in [2.05, 4.69) is 11.4 Å². The maximum absolute atomic E-state index is 9.25. The molecule has 0 aromatic carbocycles. The molecule has 2 aliphatic carbocycles. The van der Waals surface area contributed by atoms with Crippen molar-refractivity contribution in [2.45, 2.75) is 82.4 Å². The summed E-state index contributed by atoms with van der Waals surface area (Å²) in [6, 6.07) is 3.03. The molecule has 0 aromatic rings. The van der Waals surface area contributed by atoms with Crippen LogP contribution in [-0.4, -0.2) is 24.3 Å². The van der Waals surface area contributed by atoms with Crippen molar-refractivity contribution in [3.63, 3.8) is 0 Å². The Hall–Kier alpha value is -0.590. The number of nitrogens with zero attached hydrogens (tertiary/aromatic N) is 1. The predicted molar refractivity (Wildman–Crippen MR) is 72.2 cm³/mol. The Labute approximate surface area is 111 Å². The first-order valence-corrected chi connectivity index (χ1v) is 7.52. The van der Waals surface area contributed by atoms with E-state index in [-0.39, 0.29) is 5.54 Å². The molecule has 0 saturated heterocycles. The molecule has 2 aliphatic rings. The van der Waals surface area contributed by atoms with Gasteiger partial charge in [0.1, 0.15) is 5.54 Å². The van der Waals surface area contributed by atoms with Crippen LogP contribution in [0.15, 0.2) is 0 Å². The van der Waals surface area contributed by atoms with Gasteiger partial charge in [0.15, 0.2) is 0 Å². The van der Waals surface area contributed by atoms with Crippen LogP contribution in [0.3, 0.4) is 0 Å². The van der Waals surface area contributed by atoms with Gasteiger partial charge in [0.2, 0.25) is 0 Å². The normalized spacial score (nSPS) is 23.8. The monoisotopic (exact) mass is 250 g/mol. The zero-order valence-electron chi connectivity index (χ0n) is 11.6. The van der Waals surface area contributed by atoms with E-state index >= 15 is 0 Å². The molecular formula is C15H26N2O. The lowest BCUT2D eigenvalue weighted by Crippen LogP contribution is -2.42. The SMILES string of the molecule is CC(C#N)(CCCCOC1CCCC1)NC1CC1. The summed E-state index contributed by atoms with van der Waals surface area (Å²) in [6.07, 6.45) is 11.3. The fourth-order valence-electron chi connectivity index (χ4n) is 2.72. The molecule has 2 saturated carbocycles. The number of ether oxygens (including phenoxy) is 1. The fourth-order valence-corrected chi connectivity index (χ4v) is 2.72. The second-order valence-electron chi connectivity index (χ2n) is 6.10. The van der Waals surface area contributed by atoms with E-state index in [4.69, 9.17) is 4.74 Å². The maximum Gasteiger partial charge on any atom is 0.104 e. The van der Waals surface area contributed by atoms with Crippen LogP contribution in [0.2, 0.25) is 0 Å². The van der Waals surface area contributed by atoms with Gasteiger partial charge in [-0.05, 0) is 51.9 Å². The minimum Gasteiger partial charge on any atom is -0.378 e. The van der Waals surface area contributed by atoms with Crippen LogP contribution in [0.4, 0.5) is 0 Å². The third-order valence-corrected chi connectivity index (χ3v) is 4.07. The van der Waals surface area contributed by atoms with E-state index in [0.717, 1.165) is 25.9 Å². The van der Waals surface area contributed by atoms with Gasteiger partial charge in [-0.1, -0.05) is 12.8 Å². The van der Waals surface area contributed by atoms with Crippen molar-refractivity contribution in [2.24, 2.45) is 0 Å². The summed E-state index contributed by atoms with van der Waals surface area (Å²) in [5.74, 6) is 0. The maximum atomic E-state index is 9.25. The summed E-state index contributed by atoms with van der Waals surface area (Å²) in [7, 11) is 0. The van der Waals surface area contributed by atoms with Gasteiger partial charge in [0.25, 0.3) is 0 Å². The molecule has 2 rings (SSSR count). The first kappa shape index (κ1) is 13.8. The second kappa shape index (κ2) is 6.54. The number of hydrogen-bond donors (Lipinski definition) is 1. The summed E-state index contributed by atoms with van der Waals surface area (Å²) in [5, 5.41) is 12.7. The Balaban J connectivity index is 1.54. The van der Waals surface area contributed by atoms with E-state index in [1.807, 2.05) is 6.92 Å². The van der Waals surface area contributed by atoms with E-state index in [1.165, 1.54) is 38.5 Å². The first-order chi connectivity index (χ1) is 8.72. The van der Waals surface area contributed by atoms with Crippen LogP contribution in [0.1, 0.15) is 64.7 Å². The Morgan fingerprint density at radius 1 is 1.22 bits per heavy atom. The molecule has 0 amide bonds. The molecule has 0 bridgehead atoms. The Morgan fingerprint density at radius 3 is 2.56 bits per heavy atom. The molecule has 1 atom stereocenters. The van der Waals surface area contributed by atoms with E-state index in [1.54, 1.807) is 0 Å². The van der Waals surface area contributed by atoms with E-state index in [0.29, 0.717) is 12.1 Å². The third-order valence-electron chi connectivity index (χ3n) is 4.07. The lowest BCUT2D eigenvalue weighted by Gasteiger charge is -2.23. The molecule has 0 aliphatic heterocycles. The van der Waals surface area contributed by atoms with Crippen LogP contribution in [-0.2, 0) is 4.74 Å². The Bertz CT molecular complexity index is 289. The largest absolute Gasteiger partial charge is 0.378 e. The van der Waals surface area contributed by atoms with Gasteiger partial charge >= 0.3 is 0 Å². The number of nitriles is 1. The zero-order chi connectivity index (χ0) is 12.8. The molecular weight excluding hydrogens is 224 g/mol. The van der Waals surface area contributed by atoms with Gasteiger partial charge in [-0.2, -0.15) is 5.26 Å². The van der Waals surface area contributed by atoms with Crippen LogP contribution < -0.4 is 5.32 Å². The molecule has 0 heterocycles. The van der Waals surface area contributed by atoms with Gasteiger partial charge in [-0.15, -0.1) is 0 Å². The molecule has 2 fully saturated rings. The smallest absolute Gasteiger partial charge is 0.104 e. The van der Waals surface area contributed by atoms with Crippen molar-refractivity contribution in [3.05, 3.63) is 0 Å². The van der Waals surface area contributed by atoms with Crippen molar-refractivity contribution >= 4 is 0 Å². The van der Waals surface area contributed by atoms with Crippen LogP contribution in [0.25, 0.3) is 0 Å². The van der Waals surface area contributed by atoms with Crippen LogP contribution >= 0.6 is 0 Å². The minimum absolute atomic E-state index is 0.325. The summed E-state index contributed by atoms with van der Waals surface area (Å²) in [4.78, 5) is 0. The molecule has 1 N–H and O–H groups in total. The summed E-state index contributed by atoms with van der Waals surface area (Å²) >= 11 is 0. The number of unbranched alkanes of at least 4 members (excludes halogenated alkanes) is 1. The standard InChI is InChI=1S/C15H26N2O/c1-15(12-16,17-13-8-9-13)10-4-5-11-18-14-6-2-3-7-14/h13-14,17H,2-11H2,1H3. The highest BCUT2D eigenvalue weighted by atomic mass is 16.5. The summed E-state index contributed by atoms with van der Waals surface area (Å²) in [5.41, 5.74) is -0.325. The highest BCUT2D eigenvalue weighted by Gasteiger charge is 2.31. The molecule has 1 unspecified atom stereocenters. The molecule has 0 spiro atoms. The molecule has 102 valence electrons. The van der Waals surface area contributed by atoms with Crippen LogP contribution in [0, 0.1) is 11.3 Å². The lowest BCUT2D eigenvalue weighted by atomic mass is 9.96. The van der Waals surface area contributed by atoms with E-state index in [9.17, 15) is 5.26 Å². The Kier molecular flexibility index (Phi) is 5.03. The molecule has 0 aromatic heterocycles. The van der Waals surface area contributed by atoms with Crippen molar-refractivity contribution < 1.29 is 4.74 Å². The summed E-state index contributed by atoms with van der Waals surface area (Å²) < 4.78 is 5.84. The predicted octanol–water partition coefficient (Wildman–Crippen LogP) is 3.15. The first-order valence-electron chi connectivity index (χ1n) is 7.52. The van der Waals surface area contributed by atoms with Gasteiger partial charge in [-0.3, -0.25) is 5.32 Å². The quantitative estimate of drug-likeness (QED) is 0.673. The molecule has 3 nitrogen and oxygen atoms in total. The Morgan fingerprint density at radius 2 is 1.94 bits per heavy atom. The zero-order valence-corrected chi connectivity index (χ0v) is 11.6. The molecule has 3 heteroatoms. The van der Waals surface area contributed by atoms with Crippen molar-refractivity contribution in [1.82, 2.24) is 5.32 Å². The third kappa shape index (κ3) is 4.59. The molecule has 0 radical (unpaired) electrons. The number of hydrogen-bond acceptors (Lipinski definition) is 3. The molecule has 18 heavy (non-hydrogen) atoms. The van der Waals surface area contributed by atoms with Gasteiger partial charge in [0, 0.05) is 12.6 Å². The van der Waals surface area contributed by atoms with Crippen molar-refractivity contribution in [1.29, 1.82) is 5.26 Å². The lowest BCUT2D eigenvalue weighted by molar-refractivity contribution is 0.0551. The number of rotatable bonds is 8. The van der Waals surface area contributed by atoms with Crippen molar-refractivity contribution in [2.75, 3.05) is 6.61 Å². The topological polar surface area (TPSA) is 45.0 Å². The summed E-state index contributed by atoms with van der Waals surface area (Å²) in [6.45, 7) is 2.90. The highest BCUT2D eigenvalue weighted by Crippen LogP contribution is 2.25. The van der Waals surface area contributed by atoms with Gasteiger partial charge < -0.3 is 4.74 Å². The average Bonchev–Trinajstić information content (AvgIpc) is 3.01. The van der Waals surface area contributed by atoms with Crippen LogP contribution in [0.5, 0.6) is 0 Å². The highest BCUT2D eigenvalue weighted by molar-refractivity contribution is 5.06. The second-order valence-corrected chi connectivity index (χ2v) is 6.10. The van der Waals surface area contributed by atoms with E-state index < -0.39 is 0 Å². The van der Waals surface area contributed by atoms with Crippen molar-refractivity contribution in [3.8, 4) is 6.07 Å². The van der Waals surface area contributed by atoms with Gasteiger partial charge in [-0.25, -0.2) is 0 Å². The van der Waals surface area contributed by atoms with Gasteiger partial charge in [0.05, 0.1) is 12.2 Å². The number of nitrogens with one attached hydrogen (secondary N) is 1. The minimum atomic E-state index is -0.325.